The second-order valence-electron chi connectivity index (χ2n) is 10.1. The number of nitrogens with zero attached hydrogens (tertiary/aromatic N) is 7. The molecule has 0 saturated carbocycles. The van der Waals surface area contributed by atoms with E-state index in [1.165, 1.54) is 0 Å². The normalized spacial score (nSPS) is 18.4. The van der Waals surface area contributed by atoms with Gasteiger partial charge in [0, 0.05) is 52.4 Å². The summed E-state index contributed by atoms with van der Waals surface area (Å²) in [5.74, 6) is 2.48. The second-order valence-corrected chi connectivity index (χ2v) is 10.1. The molecule has 0 spiro atoms. The van der Waals surface area contributed by atoms with E-state index in [2.05, 4.69) is 20.1 Å². The molecule has 2 saturated heterocycles. The summed E-state index contributed by atoms with van der Waals surface area (Å²) in [6, 6.07) is 10.1. The first kappa shape index (κ1) is 25.3. The predicted octanol–water partition coefficient (Wildman–Crippen LogP) is 3.28. The lowest BCUT2D eigenvalue weighted by Gasteiger charge is -2.40. The molecule has 2 fully saturated rings. The fourth-order valence-corrected chi connectivity index (χ4v) is 5.65. The number of methoxy groups -OCH3 is 1. The highest BCUT2D eigenvalue weighted by atomic mass is 16.5. The molecule has 1 amide bonds. The number of morpholine rings is 1. The van der Waals surface area contributed by atoms with E-state index >= 15 is 0 Å². The summed E-state index contributed by atoms with van der Waals surface area (Å²) >= 11 is 0. The van der Waals surface area contributed by atoms with Gasteiger partial charge in [-0.15, -0.1) is 0 Å². The van der Waals surface area contributed by atoms with Crippen LogP contribution in [-0.2, 0) is 4.74 Å². The summed E-state index contributed by atoms with van der Waals surface area (Å²) in [5, 5.41) is 3.27. The van der Waals surface area contributed by atoms with Gasteiger partial charge in [-0.05, 0) is 25.0 Å². The van der Waals surface area contributed by atoms with Crippen LogP contribution in [-0.4, -0.2) is 92.4 Å². The Labute approximate surface area is 228 Å². The van der Waals surface area contributed by atoms with Crippen molar-refractivity contribution >= 4 is 40.6 Å². The summed E-state index contributed by atoms with van der Waals surface area (Å²) in [7, 11) is 5.29. The first-order valence-corrected chi connectivity index (χ1v) is 13.4. The molecular weight excluding hydrogens is 496 g/mol. The Bertz CT molecular complexity index is 1350. The SMILES string of the molecule is COc1cc(N2CCC(N3CCOCC3)CC2)ncc1Nc1ncc2c(n1)N(C)c1ccccc1C(=O)N2C. The van der Waals surface area contributed by atoms with Crippen molar-refractivity contribution in [1.29, 1.82) is 0 Å². The molecule has 1 aromatic carbocycles. The third kappa shape index (κ3) is 4.83. The first-order chi connectivity index (χ1) is 19.0. The fraction of sp³-hybridized carbons (Fsp3) is 0.429. The highest BCUT2D eigenvalue weighted by Crippen LogP contribution is 2.38. The van der Waals surface area contributed by atoms with Crippen LogP contribution >= 0.6 is 0 Å². The van der Waals surface area contributed by atoms with Gasteiger partial charge in [0.05, 0.1) is 44.0 Å². The third-order valence-electron chi connectivity index (χ3n) is 7.90. The van der Waals surface area contributed by atoms with Crippen LogP contribution in [0.25, 0.3) is 0 Å². The molecule has 3 aromatic rings. The van der Waals surface area contributed by atoms with Gasteiger partial charge in [-0.25, -0.2) is 9.97 Å². The highest BCUT2D eigenvalue weighted by Gasteiger charge is 2.29. The minimum atomic E-state index is -0.101. The standard InChI is InChI=1S/C28H34N8O3/c1-33-22-7-5-4-6-20(22)27(37)34(2)23-18-30-28(32-26(23)33)31-21-17-29-25(16-24(21)38-3)36-10-8-19(9-11-36)35-12-14-39-15-13-35/h4-7,16-19H,8-15H2,1-3H3,(H,30,31,32). The van der Waals surface area contributed by atoms with Crippen molar-refractivity contribution in [2.45, 2.75) is 18.9 Å². The number of fused-ring (bicyclic) bond motifs is 2. The average molecular weight is 531 g/mol. The van der Waals surface area contributed by atoms with Crippen LogP contribution in [0, 0.1) is 0 Å². The van der Waals surface area contributed by atoms with E-state index in [0.717, 1.165) is 63.7 Å². The van der Waals surface area contributed by atoms with Crippen molar-refractivity contribution < 1.29 is 14.3 Å². The Kier molecular flexibility index (Phi) is 6.92. The minimum absolute atomic E-state index is 0.101. The smallest absolute Gasteiger partial charge is 0.260 e. The maximum absolute atomic E-state index is 13.1. The van der Waals surface area contributed by atoms with Crippen molar-refractivity contribution in [3.63, 3.8) is 0 Å². The number of rotatable bonds is 5. The quantitative estimate of drug-likeness (QED) is 0.529. The van der Waals surface area contributed by atoms with Crippen LogP contribution in [0.5, 0.6) is 5.75 Å². The van der Waals surface area contributed by atoms with Crippen molar-refractivity contribution in [3.05, 3.63) is 48.3 Å². The number of carbonyl (C=O) groups excluding carboxylic acids is 1. The van der Waals surface area contributed by atoms with Gasteiger partial charge >= 0.3 is 0 Å². The van der Waals surface area contributed by atoms with Gasteiger partial charge in [-0.2, -0.15) is 4.98 Å². The van der Waals surface area contributed by atoms with Crippen molar-refractivity contribution in [3.8, 4) is 5.75 Å². The lowest BCUT2D eigenvalue weighted by atomic mass is 10.0. The average Bonchev–Trinajstić information content (AvgIpc) is 3.07. The lowest BCUT2D eigenvalue weighted by molar-refractivity contribution is 0.0115. The van der Waals surface area contributed by atoms with Gasteiger partial charge < -0.3 is 29.5 Å². The molecule has 1 N–H and O–H groups in total. The number of anilines is 6. The van der Waals surface area contributed by atoms with Crippen LogP contribution in [0.2, 0.25) is 0 Å². The van der Waals surface area contributed by atoms with Gasteiger partial charge in [-0.1, -0.05) is 12.1 Å². The molecule has 6 rings (SSSR count). The van der Waals surface area contributed by atoms with E-state index < -0.39 is 0 Å². The fourth-order valence-electron chi connectivity index (χ4n) is 5.65. The van der Waals surface area contributed by atoms with E-state index in [1.807, 2.05) is 42.3 Å². The molecule has 2 aromatic heterocycles. The summed E-state index contributed by atoms with van der Waals surface area (Å²) in [6.45, 7) is 5.63. The highest BCUT2D eigenvalue weighted by molar-refractivity contribution is 6.13. The van der Waals surface area contributed by atoms with E-state index in [4.69, 9.17) is 19.4 Å². The molecule has 3 aliphatic heterocycles. The van der Waals surface area contributed by atoms with E-state index in [0.29, 0.717) is 40.5 Å². The zero-order valence-electron chi connectivity index (χ0n) is 22.6. The predicted molar refractivity (Wildman–Crippen MR) is 151 cm³/mol. The lowest BCUT2D eigenvalue weighted by Crippen LogP contribution is -2.49. The number of benzene rings is 1. The molecule has 3 aliphatic rings. The molecule has 0 radical (unpaired) electrons. The van der Waals surface area contributed by atoms with E-state index in [9.17, 15) is 4.79 Å². The monoisotopic (exact) mass is 530 g/mol. The molecule has 5 heterocycles. The molecule has 0 atom stereocenters. The zero-order valence-corrected chi connectivity index (χ0v) is 22.6. The van der Waals surface area contributed by atoms with Crippen LogP contribution < -0.4 is 24.8 Å². The van der Waals surface area contributed by atoms with Gasteiger partial charge in [0.2, 0.25) is 5.95 Å². The van der Waals surface area contributed by atoms with Crippen molar-refractivity contribution in [2.24, 2.45) is 0 Å². The zero-order chi connectivity index (χ0) is 26.9. The topological polar surface area (TPSA) is 99.2 Å². The van der Waals surface area contributed by atoms with Gasteiger partial charge in [0.25, 0.3) is 5.91 Å². The van der Waals surface area contributed by atoms with Gasteiger partial charge in [0.15, 0.2) is 5.82 Å². The van der Waals surface area contributed by atoms with Crippen LogP contribution in [0.1, 0.15) is 23.2 Å². The molecule has 11 heteroatoms. The van der Waals surface area contributed by atoms with Crippen LogP contribution in [0.15, 0.2) is 42.7 Å². The van der Waals surface area contributed by atoms with Crippen LogP contribution in [0.4, 0.5) is 34.6 Å². The second kappa shape index (κ2) is 10.7. The number of carbonyl (C=O) groups is 1. The summed E-state index contributed by atoms with van der Waals surface area (Å²) in [6.07, 6.45) is 5.66. The van der Waals surface area contributed by atoms with E-state index in [1.54, 1.807) is 31.5 Å². The van der Waals surface area contributed by atoms with Crippen LogP contribution in [0.3, 0.4) is 0 Å². The number of amides is 1. The number of nitrogens with one attached hydrogen (secondary N) is 1. The molecule has 39 heavy (non-hydrogen) atoms. The van der Waals surface area contributed by atoms with E-state index in [-0.39, 0.29) is 5.91 Å². The molecule has 0 bridgehead atoms. The Balaban J connectivity index is 1.20. The summed E-state index contributed by atoms with van der Waals surface area (Å²) in [4.78, 5) is 35.5. The Morgan fingerprint density at radius 1 is 0.974 bits per heavy atom. The molecular formula is C28H34N8O3. The Hall–Kier alpha value is -3.96. The Morgan fingerprint density at radius 2 is 1.74 bits per heavy atom. The molecule has 0 unspecified atom stereocenters. The number of para-hydroxylation sites is 1. The minimum Gasteiger partial charge on any atom is -0.494 e. The first-order valence-electron chi connectivity index (χ1n) is 13.4. The number of ether oxygens (including phenoxy) is 2. The van der Waals surface area contributed by atoms with Gasteiger partial charge in [-0.3, -0.25) is 9.69 Å². The number of aromatic nitrogens is 3. The molecule has 204 valence electrons. The number of piperidine rings is 1. The number of hydrogen-bond donors (Lipinski definition) is 1. The van der Waals surface area contributed by atoms with Gasteiger partial charge in [0.1, 0.15) is 22.9 Å². The van der Waals surface area contributed by atoms with Crippen molar-refractivity contribution in [1.82, 2.24) is 19.9 Å². The third-order valence-corrected chi connectivity index (χ3v) is 7.90. The number of pyridine rings is 1. The molecule has 0 aliphatic carbocycles. The largest absolute Gasteiger partial charge is 0.494 e. The van der Waals surface area contributed by atoms with Crippen molar-refractivity contribution in [2.75, 3.05) is 80.6 Å². The maximum Gasteiger partial charge on any atom is 0.260 e. The molecule has 11 nitrogen and oxygen atoms in total. The maximum atomic E-state index is 13.1. The summed E-state index contributed by atoms with van der Waals surface area (Å²) < 4.78 is 11.2. The summed E-state index contributed by atoms with van der Waals surface area (Å²) in [5.41, 5.74) is 2.71. The Morgan fingerprint density at radius 3 is 2.51 bits per heavy atom. The number of hydrogen-bond acceptors (Lipinski definition) is 10.